The van der Waals surface area contributed by atoms with Gasteiger partial charge in [-0.15, -0.1) is 11.3 Å². The van der Waals surface area contributed by atoms with Crippen molar-refractivity contribution < 1.29 is 14.7 Å². The number of anilines is 3. The fourth-order valence-electron chi connectivity index (χ4n) is 6.73. The summed E-state index contributed by atoms with van der Waals surface area (Å²) >= 11 is 16.0. The number of aromatic nitrogens is 2. The predicted octanol–water partition coefficient (Wildman–Crippen LogP) is 6.33. The van der Waals surface area contributed by atoms with Gasteiger partial charge in [-0.25, -0.2) is 9.97 Å². The van der Waals surface area contributed by atoms with Crippen LogP contribution < -0.4 is 15.1 Å². The van der Waals surface area contributed by atoms with E-state index in [1.54, 1.807) is 17.4 Å². The van der Waals surface area contributed by atoms with E-state index in [9.17, 15) is 14.7 Å². The topological polar surface area (TPSA) is 102 Å². The second-order valence-electron chi connectivity index (χ2n) is 11.7. The molecule has 0 radical (unpaired) electrons. The Morgan fingerprint density at radius 2 is 1.79 bits per heavy atom. The Balaban J connectivity index is 1.10. The molecular formula is C29H32Cl2N6O3S2. The van der Waals surface area contributed by atoms with Crippen LogP contribution in [0.2, 0.25) is 10.0 Å². The molecule has 42 heavy (non-hydrogen) atoms. The number of hydrogen-bond donors (Lipinski definition) is 2. The predicted molar refractivity (Wildman–Crippen MR) is 169 cm³/mol. The number of thiazole rings is 1. The van der Waals surface area contributed by atoms with Gasteiger partial charge in [0.05, 0.1) is 26.4 Å². The maximum atomic E-state index is 13.3. The van der Waals surface area contributed by atoms with Gasteiger partial charge in [0, 0.05) is 55.9 Å². The van der Waals surface area contributed by atoms with Crippen LogP contribution in [0.5, 0.6) is 0 Å². The summed E-state index contributed by atoms with van der Waals surface area (Å²) in [4.78, 5) is 42.2. The first-order valence-electron chi connectivity index (χ1n) is 14.6. The van der Waals surface area contributed by atoms with E-state index in [0.29, 0.717) is 64.6 Å². The maximum absolute atomic E-state index is 13.3. The highest BCUT2D eigenvalue weighted by Gasteiger charge is 2.44. The number of pyridine rings is 1. The Morgan fingerprint density at radius 3 is 2.40 bits per heavy atom. The summed E-state index contributed by atoms with van der Waals surface area (Å²) in [5.74, 6) is -0.862. The minimum absolute atomic E-state index is 0.326. The van der Waals surface area contributed by atoms with Gasteiger partial charge < -0.3 is 14.9 Å². The van der Waals surface area contributed by atoms with Gasteiger partial charge in [-0.3, -0.25) is 19.8 Å². The highest BCUT2D eigenvalue weighted by atomic mass is 35.5. The second-order valence-corrected chi connectivity index (χ2v) is 14.4. The molecule has 4 aliphatic heterocycles. The van der Waals surface area contributed by atoms with Crippen molar-refractivity contribution in [2.45, 2.75) is 63.1 Å². The van der Waals surface area contributed by atoms with Crippen molar-refractivity contribution >= 4 is 73.7 Å². The number of hydrogen-bond acceptors (Lipinski definition) is 9. The third kappa shape index (κ3) is 5.38. The molecule has 3 aromatic rings. The van der Waals surface area contributed by atoms with Crippen molar-refractivity contribution in [1.29, 1.82) is 0 Å². The third-order valence-corrected chi connectivity index (χ3v) is 11.8. The number of nitrogens with one attached hydrogen (secondary N) is 1. The van der Waals surface area contributed by atoms with E-state index in [4.69, 9.17) is 28.2 Å². The molecule has 8 rings (SSSR count). The molecule has 222 valence electrons. The van der Waals surface area contributed by atoms with Crippen molar-refractivity contribution in [3.8, 4) is 10.6 Å². The second kappa shape index (κ2) is 11.6. The fraction of sp³-hybridized carbons (Fsp3) is 0.517. The molecule has 2 N–H and O–H groups in total. The molecule has 7 heterocycles. The van der Waals surface area contributed by atoms with E-state index < -0.39 is 5.97 Å². The van der Waals surface area contributed by atoms with Crippen LogP contribution in [-0.2, 0) is 4.79 Å². The molecular weight excluding hydrogens is 615 g/mol. The summed E-state index contributed by atoms with van der Waals surface area (Å²) < 4.78 is 0. The number of halogens is 2. The van der Waals surface area contributed by atoms with Gasteiger partial charge in [0.2, 0.25) is 0 Å². The quantitative estimate of drug-likeness (QED) is 0.307. The minimum atomic E-state index is -0.764. The minimum Gasteiger partial charge on any atom is -0.481 e. The van der Waals surface area contributed by atoms with Gasteiger partial charge in [-0.05, 0) is 50.7 Å². The van der Waals surface area contributed by atoms with E-state index in [1.165, 1.54) is 49.6 Å². The summed E-state index contributed by atoms with van der Waals surface area (Å²) in [6.45, 7) is 3.18. The normalized spacial score (nSPS) is 23.3. The largest absolute Gasteiger partial charge is 0.481 e. The van der Waals surface area contributed by atoms with Gasteiger partial charge in [0.25, 0.3) is 5.91 Å². The van der Waals surface area contributed by atoms with E-state index in [0.717, 1.165) is 34.7 Å². The first kappa shape index (κ1) is 28.3. The number of carboxylic acid groups (broad SMARTS) is 1. The van der Waals surface area contributed by atoms with Crippen molar-refractivity contribution in [2.75, 3.05) is 41.3 Å². The molecule has 13 heteroatoms. The van der Waals surface area contributed by atoms with E-state index in [2.05, 4.69) is 20.1 Å². The lowest BCUT2D eigenvalue weighted by Crippen LogP contribution is -2.65. The molecule has 4 saturated heterocycles. The van der Waals surface area contributed by atoms with E-state index in [-0.39, 0.29) is 11.8 Å². The summed E-state index contributed by atoms with van der Waals surface area (Å²) in [7, 11) is 0. The summed E-state index contributed by atoms with van der Waals surface area (Å²) in [5.41, 5.74) is 1.21. The maximum Gasteiger partial charge on any atom is 0.306 e. The van der Waals surface area contributed by atoms with Crippen molar-refractivity contribution in [3.05, 3.63) is 39.3 Å². The van der Waals surface area contributed by atoms with Crippen molar-refractivity contribution in [2.24, 2.45) is 5.92 Å². The monoisotopic (exact) mass is 646 g/mol. The average molecular weight is 648 g/mol. The number of thiophene rings is 1. The zero-order chi connectivity index (χ0) is 29.0. The Hall–Kier alpha value is -2.44. The Bertz CT molecular complexity index is 1500. The average Bonchev–Trinajstić information content (AvgIpc) is 3.58. The van der Waals surface area contributed by atoms with Gasteiger partial charge in [-0.1, -0.05) is 41.0 Å². The summed E-state index contributed by atoms with van der Waals surface area (Å²) in [5, 5.41) is 16.9. The molecule has 3 aromatic heterocycles. The molecule has 1 saturated carbocycles. The van der Waals surface area contributed by atoms with Crippen LogP contribution in [0.4, 0.5) is 16.0 Å². The molecule has 1 aliphatic carbocycles. The van der Waals surface area contributed by atoms with E-state index >= 15 is 0 Å². The number of fused-ring (bicyclic) bond motifs is 3. The van der Waals surface area contributed by atoms with Crippen LogP contribution in [0, 0.1) is 5.92 Å². The lowest BCUT2D eigenvalue weighted by molar-refractivity contribution is -0.142. The highest BCUT2D eigenvalue weighted by Crippen LogP contribution is 2.46. The zero-order valence-electron chi connectivity index (χ0n) is 23.0. The SMILES string of the molecule is O=C(Nc1nc(-c2cc(Cl)cs2)c(N2CC3CCC2CN3C2CCC2)s1)c1cnc(N2CCC(C(=O)O)CC2)c(Cl)c1. The number of amides is 1. The Labute approximate surface area is 262 Å². The first-order valence-corrected chi connectivity index (χ1v) is 17.0. The standard InChI is InChI=1S/C29H32Cl2N6O3S2/c30-18-11-23(41-15-18)24-27(37-14-20-4-5-21(37)13-36(20)19-2-1-3-19)42-29(33-24)34-26(38)17-10-22(31)25(32-12-17)35-8-6-16(7-9-35)28(39)40/h10-12,15-16,19-21H,1-9,13-14H2,(H,39,40)(H,33,34,38). The zero-order valence-corrected chi connectivity index (χ0v) is 26.1. The van der Waals surface area contributed by atoms with Gasteiger partial charge >= 0.3 is 5.97 Å². The molecule has 5 aliphatic rings. The van der Waals surface area contributed by atoms with Gasteiger partial charge in [0.15, 0.2) is 5.13 Å². The van der Waals surface area contributed by atoms with Crippen LogP contribution >= 0.6 is 45.9 Å². The number of rotatable bonds is 7. The lowest BCUT2D eigenvalue weighted by Gasteiger charge is -2.56. The third-order valence-electron chi connectivity index (χ3n) is 9.23. The number of carboxylic acids is 1. The number of nitrogens with zero attached hydrogens (tertiary/aromatic N) is 5. The molecule has 2 atom stereocenters. The molecule has 2 unspecified atom stereocenters. The Kier molecular flexibility index (Phi) is 7.81. The number of carbonyl (C=O) groups excluding carboxylic acids is 1. The molecule has 0 aromatic carbocycles. The van der Waals surface area contributed by atoms with Crippen LogP contribution in [0.25, 0.3) is 10.6 Å². The molecule has 2 bridgehead atoms. The summed E-state index contributed by atoms with van der Waals surface area (Å²) in [6.07, 6.45) is 8.99. The van der Waals surface area contributed by atoms with Crippen LogP contribution in [0.15, 0.2) is 23.7 Å². The molecule has 5 fully saturated rings. The van der Waals surface area contributed by atoms with Crippen molar-refractivity contribution in [3.63, 3.8) is 0 Å². The number of piperazine rings is 1. The molecule has 0 spiro atoms. The Morgan fingerprint density at radius 1 is 1.00 bits per heavy atom. The molecule has 1 amide bonds. The lowest BCUT2D eigenvalue weighted by atomic mass is 9.83. The van der Waals surface area contributed by atoms with Crippen LogP contribution in [-0.4, -0.2) is 76.2 Å². The van der Waals surface area contributed by atoms with Gasteiger partial charge in [0.1, 0.15) is 16.5 Å². The first-order chi connectivity index (χ1) is 20.3. The number of piperidine rings is 3. The smallest absolute Gasteiger partial charge is 0.306 e. The van der Waals surface area contributed by atoms with Gasteiger partial charge in [-0.2, -0.15) is 0 Å². The number of carbonyl (C=O) groups is 2. The van der Waals surface area contributed by atoms with E-state index in [1.807, 2.05) is 16.3 Å². The highest BCUT2D eigenvalue weighted by molar-refractivity contribution is 7.21. The van der Waals surface area contributed by atoms with Crippen LogP contribution in [0.1, 0.15) is 55.3 Å². The number of aliphatic carboxylic acids is 1. The fourth-order valence-corrected chi connectivity index (χ4v) is 9.20. The van der Waals surface area contributed by atoms with Crippen LogP contribution in [0.3, 0.4) is 0 Å². The summed E-state index contributed by atoms with van der Waals surface area (Å²) in [6, 6.07) is 5.30. The van der Waals surface area contributed by atoms with Crippen molar-refractivity contribution in [1.82, 2.24) is 14.9 Å². The molecule has 9 nitrogen and oxygen atoms in total.